The quantitative estimate of drug-likeness (QED) is 0.655. The molecule has 7 nitrogen and oxygen atoms in total. The Morgan fingerprint density at radius 3 is 2.32 bits per heavy atom. The van der Waals surface area contributed by atoms with E-state index in [1.54, 1.807) is 56.7 Å². The van der Waals surface area contributed by atoms with E-state index in [1.165, 1.54) is 6.26 Å². The second kappa shape index (κ2) is 8.77. The summed E-state index contributed by atoms with van der Waals surface area (Å²) in [5.74, 6) is 0.877. The molecule has 0 atom stereocenters. The minimum atomic E-state index is -0.351. The van der Waals surface area contributed by atoms with Gasteiger partial charge in [-0.05, 0) is 54.1 Å². The summed E-state index contributed by atoms with van der Waals surface area (Å²) < 4.78 is 15.5. The van der Waals surface area contributed by atoms with Crippen molar-refractivity contribution in [3.8, 4) is 11.5 Å². The summed E-state index contributed by atoms with van der Waals surface area (Å²) in [6.45, 7) is 0.343. The van der Waals surface area contributed by atoms with Gasteiger partial charge in [0.1, 0.15) is 0 Å². The molecular formula is C21H20N2O5. The second-order valence-corrected chi connectivity index (χ2v) is 5.88. The lowest BCUT2D eigenvalue weighted by molar-refractivity contribution is 0.0950. The van der Waals surface area contributed by atoms with Crippen LogP contribution in [0.3, 0.4) is 0 Å². The number of carbonyl (C=O) groups is 2. The fraction of sp³-hybridized carbons (Fsp3) is 0.143. The van der Waals surface area contributed by atoms with Crippen LogP contribution in [0.4, 0.5) is 5.69 Å². The fourth-order valence-corrected chi connectivity index (χ4v) is 2.58. The molecule has 0 aliphatic heterocycles. The summed E-state index contributed by atoms with van der Waals surface area (Å²) in [4.78, 5) is 24.3. The third kappa shape index (κ3) is 4.50. The van der Waals surface area contributed by atoms with E-state index in [1.807, 2.05) is 12.1 Å². The van der Waals surface area contributed by atoms with Crippen LogP contribution in [0.2, 0.25) is 0 Å². The first kappa shape index (κ1) is 19.0. The molecule has 0 saturated carbocycles. The summed E-state index contributed by atoms with van der Waals surface area (Å²) in [7, 11) is 3.13. The Hall–Kier alpha value is -3.74. The number of furan rings is 1. The van der Waals surface area contributed by atoms with Crippen molar-refractivity contribution in [3.05, 3.63) is 77.7 Å². The van der Waals surface area contributed by atoms with E-state index in [2.05, 4.69) is 10.6 Å². The average molecular weight is 380 g/mol. The van der Waals surface area contributed by atoms with Crippen LogP contribution in [0.5, 0.6) is 11.5 Å². The van der Waals surface area contributed by atoms with Gasteiger partial charge < -0.3 is 24.5 Å². The zero-order valence-electron chi connectivity index (χ0n) is 15.5. The van der Waals surface area contributed by atoms with Crippen molar-refractivity contribution < 1.29 is 23.5 Å². The molecular weight excluding hydrogens is 360 g/mol. The Bertz CT molecular complexity index is 949. The first-order valence-corrected chi connectivity index (χ1v) is 8.54. The van der Waals surface area contributed by atoms with Gasteiger partial charge in [0.25, 0.3) is 11.8 Å². The van der Waals surface area contributed by atoms with Crippen LogP contribution in [0.15, 0.2) is 65.3 Å². The number of carbonyl (C=O) groups excluding carboxylic acids is 2. The van der Waals surface area contributed by atoms with E-state index < -0.39 is 0 Å². The summed E-state index contributed by atoms with van der Waals surface area (Å²) in [5, 5.41) is 5.55. The molecule has 2 amide bonds. The molecule has 0 aliphatic carbocycles. The Balaban J connectivity index is 1.58. The predicted octanol–water partition coefficient (Wildman–Crippen LogP) is 3.48. The molecule has 0 spiro atoms. The van der Waals surface area contributed by atoms with Gasteiger partial charge in [-0.25, -0.2) is 0 Å². The first-order valence-electron chi connectivity index (χ1n) is 8.54. The molecule has 28 heavy (non-hydrogen) atoms. The molecule has 144 valence electrons. The molecule has 0 bridgehead atoms. The molecule has 1 heterocycles. The molecule has 2 N–H and O–H groups in total. The third-order valence-corrected chi connectivity index (χ3v) is 4.05. The third-order valence-electron chi connectivity index (χ3n) is 4.05. The topological polar surface area (TPSA) is 89.8 Å². The van der Waals surface area contributed by atoms with Crippen molar-refractivity contribution in [2.75, 3.05) is 19.5 Å². The fourth-order valence-electron chi connectivity index (χ4n) is 2.58. The smallest absolute Gasteiger partial charge is 0.291 e. The van der Waals surface area contributed by atoms with Crippen LogP contribution in [0.25, 0.3) is 0 Å². The Morgan fingerprint density at radius 1 is 0.929 bits per heavy atom. The van der Waals surface area contributed by atoms with Crippen LogP contribution in [0.1, 0.15) is 26.5 Å². The molecule has 3 aromatic rings. The van der Waals surface area contributed by atoms with Gasteiger partial charge in [0.2, 0.25) is 0 Å². The van der Waals surface area contributed by atoms with Gasteiger partial charge in [-0.1, -0.05) is 6.07 Å². The minimum absolute atomic E-state index is 0.219. The number of amides is 2. The molecule has 7 heteroatoms. The van der Waals surface area contributed by atoms with Crippen molar-refractivity contribution in [2.45, 2.75) is 6.54 Å². The SMILES string of the molecule is COc1ccc(CNC(=O)c2ccc(NC(=O)c3ccco3)cc2)cc1OC. The molecule has 0 aliphatic rings. The monoisotopic (exact) mass is 380 g/mol. The highest BCUT2D eigenvalue weighted by molar-refractivity contribution is 6.02. The second-order valence-electron chi connectivity index (χ2n) is 5.88. The van der Waals surface area contributed by atoms with Gasteiger partial charge in [-0.2, -0.15) is 0 Å². The van der Waals surface area contributed by atoms with Gasteiger partial charge in [0.15, 0.2) is 17.3 Å². The number of benzene rings is 2. The maximum Gasteiger partial charge on any atom is 0.291 e. The number of hydrogen-bond acceptors (Lipinski definition) is 5. The van der Waals surface area contributed by atoms with Crippen LogP contribution in [-0.2, 0) is 6.54 Å². The summed E-state index contributed by atoms with van der Waals surface area (Å²) in [6, 6.07) is 15.3. The highest BCUT2D eigenvalue weighted by Crippen LogP contribution is 2.27. The maximum atomic E-state index is 12.3. The molecule has 0 radical (unpaired) electrons. The van der Waals surface area contributed by atoms with Gasteiger partial charge >= 0.3 is 0 Å². The zero-order valence-corrected chi connectivity index (χ0v) is 15.5. The molecule has 0 unspecified atom stereocenters. The lowest BCUT2D eigenvalue weighted by atomic mass is 10.1. The largest absolute Gasteiger partial charge is 0.493 e. The predicted molar refractivity (Wildman–Crippen MR) is 104 cm³/mol. The van der Waals surface area contributed by atoms with E-state index in [9.17, 15) is 9.59 Å². The number of ether oxygens (including phenoxy) is 2. The number of nitrogens with one attached hydrogen (secondary N) is 2. The van der Waals surface area contributed by atoms with E-state index in [0.717, 1.165) is 5.56 Å². The Morgan fingerprint density at radius 2 is 1.68 bits per heavy atom. The first-order chi connectivity index (χ1) is 13.6. The van der Waals surface area contributed by atoms with E-state index >= 15 is 0 Å². The van der Waals surface area contributed by atoms with E-state index in [0.29, 0.717) is 29.3 Å². The van der Waals surface area contributed by atoms with Gasteiger partial charge in [-0.15, -0.1) is 0 Å². The van der Waals surface area contributed by atoms with Crippen LogP contribution in [0, 0.1) is 0 Å². The summed E-state index contributed by atoms with van der Waals surface area (Å²) in [6.07, 6.45) is 1.43. The number of rotatable bonds is 7. The van der Waals surface area contributed by atoms with Crippen LogP contribution >= 0.6 is 0 Å². The lowest BCUT2D eigenvalue weighted by Crippen LogP contribution is -2.22. The van der Waals surface area contributed by atoms with Crippen LogP contribution in [-0.4, -0.2) is 26.0 Å². The molecule has 3 rings (SSSR count). The van der Waals surface area contributed by atoms with Crippen molar-refractivity contribution in [2.24, 2.45) is 0 Å². The number of anilines is 1. The highest BCUT2D eigenvalue weighted by Gasteiger charge is 2.10. The van der Waals surface area contributed by atoms with Gasteiger partial charge in [-0.3, -0.25) is 9.59 Å². The molecule has 0 fully saturated rings. The van der Waals surface area contributed by atoms with Crippen LogP contribution < -0.4 is 20.1 Å². The standard InChI is InChI=1S/C21H20N2O5/c1-26-17-10-5-14(12-19(17)27-2)13-22-20(24)15-6-8-16(9-7-15)23-21(25)18-4-3-11-28-18/h3-12H,13H2,1-2H3,(H,22,24)(H,23,25). The van der Waals surface area contributed by atoms with Gasteiger partial charge in [0.05, 0.1) is 20.5 Å². The van der Waals surface area contributed by atoms with Crippen molar-refractivity contribution in [1.29, 1.82) is 0 Å². The van der Waals surface area contributed by atoms with Crippen molar-refractivity contribution in [3.63, 3.8) is 0 Å². The number of methoxy groups -OCH3 is 2. The van der Waals surface area contributed by atoms with Crippen molar-refractivity contribution >= 4 is 17.5 Å². The average Bonchev–Trinajstić information content (AvgIpc) is 3.27. The highest BCUT2D eigenvalue weighted by atomic mass is 16.5. The molecule has 0 saturated heterocycles. The summed E-state index contributed by atoms with van der Waals surface area (Å²) >= 11 is 0. The van der Waals surface area contributed by atoms with E-state index in [4.69, 9.17) is 13.9 Å². The minimum Gasteiger partial charge on any atom is -0.493 e. The molecule has 1 aromatic heterocycles. The van der Waals surface area contributed by atoms with Gasteiger partial charge in [0, 0.05) is 17.8 Å². The maximum absolute atomic E-state index is 12.3. The number of hydrogen-bond donors (Lipinski definition) is 2. The Kier molecular flexibility index (Phi) is 5.96. The normalized spacial score (nSPS) is 10.2. The Labute approximate surface area is 162 Å². The van der Waals surface area contributed by atoms with E-state index in [-0.39, 0.29) is 17.6 Å². The lowest BCUT2D eigenvalue weighted by Gasteiger charge is -2.10. The summed E-state index contributed by atoms with van der Waals surface area (Å²) in [5.41, 5.74) is 1.93. The molecule has 2 aromatic carbocycles. The zero-order chi connectivity index (χ0) is 19.9. The van der Waals surface area contributed by atoms with Crippen molar-refractivity contribution in [1.82, 2.24) is 5.32 Å².